The Morgan fingerprint density at radius 2 is 0.905 bits per heavy atom. The SMILES string of the molecule is O.O=C([O-])C(=O)[O-].O=C1O[Si]2(OC1=O)OC(=O)C(=O)O2.[Ca+2]. The van der Waals surface area contributed by atoms with Gasteiger partial charge in [-0.1, -0.05) is 0 Å². The smallest absolute Gasteiger partial charge is 0.543 e. The van der Waals surface area contributed by atoms with Crippen molar-refractivity contribution in [2.45, 2.75) is 0 Å². The summed E-state index contributed by atoms with van der Waals surface area (Å²) in [6.07, 6.45) is 0. The molecule has 13 nitrogen and oxygen atoms in total. The Bertz CT molecular complexity index is 429. The van der Waals surface area contributed by atoms with Gasteiger partial charge in [0.15, 0.2) is 0 Å². The summed E-state index contributed by atoms with van der Waals surface area (Å²) in [4.78, 5) is 59.9. The first-order valence-corrected chi connectivity index (χ1v) is 5.65. The van der Waals surface area contributed by atoms with Crippen LogP contribution in [0.2, 0.25) is 0 Å². The molecule has 0 unspecified atom stereocenters. The van der Waals surface area contributed by atoms with E-state index in [4.69, 9.17) is 19.8 Å². The number of carbonyl (C=O) groups excluding carboxylic acids is 6. The fourth-order valence-electron chi connectivity index (χ4n) is 0.746. The first kappa shape index (κ1) is 21.6. The van der Waals surface area contributed by atoms with Gasteiger partial charge in [0.2, 0.25) is 0 Å². The van der Waals surface area contributed by atoms with Crippen molar-refractivity contribution in [3.8, 4) is 0 Å². The van der Waals surface area contributed by atoms with Crippen LogP contribution in [-0.4, -0.2) is 88.1 Å². The third kappa shape index (κ3) is 5.27. The molecule has 2 fully saturated rings. The molecule has 2 aliphatic rings. The second-order valence-electron chi connectivity index (χ2n) is 2.63. The summed E-state index contributed by atoms with van der Waals surface area (Å²) < 4.78 is 16.8. The van der Waals surface area contributed by atoms with Crippen molar-refractivity contribution < 1.29 is 62.2 Å². The van der Waals surface area contributed by atoms with Gasteiger partial charge in [0.05, 0.1) is 11.9 Å². The van der Waals surface area contributed by atoms with Crippen molar-refractivity contribution in [3.63, 3.8) is 0 Å². The summed E-state index contributed by atoms with van der Waals surface area (Å²) in [5, 5.41) is 17.9. The topological polar surface area (TPSA) is 217 Å². The van der Waals surface area contributed by atoms with Gasteiger partial charge in [-0.05, 0) is 0 Å². The van der Waals surface area contributed by atoms with Gasteiger partial charge in [0, 0.05) is 0 Å². The van der Waals surface area contributed by atoms with Crippen molar-refractivity contribution >= 4 is 82.6 Å². The normalized spacial score (nSPS) is 17.0. The molecule has 0 saturated carbocycles. The Morgan fingerprint density at radius 1 is 0.714 bits per heavy atom. The van der Waals surface area contributed by atoms with Crippen LogP contribution in [0.4, 0.5) is 0 Å². The van der Waals surface area contributed by atoms with Gasteiger partial charge in [-0.3, -0.25) is 0 Å². The minimum absolute atomic E-state index is 0. The minimum atomic E-state index is -4.12. The average molecular weight is 350 g/mol. The molecule has 0 bridgehead atoms. The van der Waals surface area contributed by atoms with Crippen molar-refractivity contribution in [2.75, 3.05) is 0 Å². The van der Waals surface area contributed by atoms with E-state index in [-0.39, 0.29) is 43.2 Å². The Balaban J connectivity index is 0. The van der Waals surface area contributed by atoms with Crippen LogP contribution in [0.5, 0.6) is 0 Å². The molecule has 2 heterocycles. The Labute approximate surface area is 144 Å². The second kappa shape index (κ2) is 7.89. The van der Waals surface area contributed by atoms with Gasteiger partial charge >= 0.3 is 70.7 Å². The van der Waals surface area contributed by atoms with Crippen LogP contribution < -0.4 is 10.2 Å². The number of aliphatic carboxylic acids is 2. The van der Waals surface area contributed by atoms with Gasteiger partial charge in [-0.15, -0.1) is 0 Å². The molecule has 2 N–H and O–H groups in total. The molecule has 0 radical (unpaired) electrons. The van der Waals surface area contributed by atoms with E-state index in [1.807, 2.05) is 0 Å². The van der Waals surface area contributed by atoms with Crippen LogP contribution >= 0.6 is 0 Å². The van der Waals surface area contributed by atoms with E-state index in [0.29, 0.717) is 0 Å². The van der Waals surface area contributed by atoms with Crippen LogP contribution in [0.15, 0.2) is 0 Å². The van der Waals surface area contributed by atoms with E-state index in [1.54, 1.807) is 0 Å². The van der Waals surface area contributed by atoms with Gasteiger partial charge in [0.1, 0.15) is 0 Å². The maximum atomic E-state index is 10.5. The molecular weight excluding hydrogens is 348 g/mol. The molecule has 0 aromatic rings. The van der Waals surface area contributed by atoms with Gasteiger partial charge < -0.3 is 43.0 Å². The molecule has 0 aromatic carbocycles. The van der Waals surface area contributed by atoms with Crippen molar-refractivity contribution in [3.05, 3.63) is 0 Å². The molecule has 0 aliphatic carbocycles. The molecule has 1 spiro atoms. The van der Waals surface area contributed by atoms with Crippen LogP contribution in [0.1, 0.15) is 0 Å². The number of carboxylic acid groups (broad SMARTS) is 2. The third-order valence-corrected chi connectivity index (χ3v) is 3.11. The van der Waals surface area contributed by atoms with Gasteiger partial charge in [-0.2, -0.15) is 0 Å². The first-order valence-electron chi connectivity index (χ1n) is 4.02. The quantitative estimate of drug-likeness (QED) is 0.294. The number of hydrogen-bond acceptors (Lipinski definition) is 12. The van der Waals surface area contributed by atoms with Crippen LogP contribution in [0, 0.1) is 0 Å². The fourth-order valence-corrected chi connectivity index (χ4v) is 2.24. The van der Waals surface area contributed by atoms with Crippen LogP contribution in [-0.2, 0) is 46.5 Å². The number of rotatable bonds is 0. The summed E-state index contributed by atoms with van der Waals surface area (Å²) in [6, 6.07) is 0. The molecule has 2 saturated heterocycles. The van der Waals surface area contributed by atoms with Gasteiger partial charge in [0.25, 0.3) is 0 Å². The van der Waals surface area contributed by atoms with E-state index in [2.05, 4.69) is 17.7 Å². The Hall–Kier alpha value is -1.74. The standard InChI is InChI=1S/C4O8Si.C2H2O4.Ca.H2O/c5-1-2(6)10-13(9-1)11-3(7)4(8)12-13;3-1(4)2(5)6;;/h;(H,3,4)(H,5,6);;1H2/q;;+2;/p-2. The summed E-state index contributed by atoms with van der Waals surface area (Å²) in [5.41, 5.74) is 0. The van der Waals surface area contributed by atoms with Crippen molar-refractivity contribution in [1.29, 1.82) is 0 Å². The molecular formula is C6H2CaO13Si. The second-order valence-corrected chi connectivity index (χ2v) is 4.45. The van der Waals surface area contributed by atoms with Crippen LogP contribution in [0.3, 0.4) is 0 Å². The Kier molecular flexibility index (Phi) is 8.09. The van der Waals surface area contributed by atoms with E-state index in [9.17, 15) is 19.2 Å². The van der Waals surface area contributed by atoms with Crippen molar-refractivity contribution in [1.82, 2.24) is 0 Å². The summed E-state index contributed by atoms with van der Waals surface area (Å²) in [7, 11) is -4.12. The molecule has 2 rings (SSSR count). The largest absolute Gasteiger partial charge is 2.00 e. The predicted molar refractivity (Wildman–Crippen MR) is 49.5 cm³/mol. The van der Waals surface area contributed by atoms with E-state index in [1.165, 1.54) is 0 Å². The maximum Gasteiger partial charge on any atom is 2.00 e. The summed E-state index contributed by atoms with van der Waals surface area (Å²) in [6.45, 7) is 0. The zero-order chi connectivity index (χ0) is 14.8. The maximum absolute atomic E-state index is 10.5. The predicted octanol–water partition coefficient (Wildman–Crippen LogP) is -7.10. The molecule has 21 heavy (non-hydrogen) atoms. The summed E-state index contributed by atoms with van der Waals surface area (Å²) in [5.74, 6) is -9.73. The van der Waals surface area contributed by atoms with Crippen LogP contribution in [0.25, 0.3) is 0 Å². The van der Waals surface area contributed by atoms with Gasteiger partial charge in [-0.25, -0.2) is 19.2 Å². The zero-order valence-corrected chi connectivity index (χ0v) is 12.8. The first-order chi connectivity index (χ1) is 8.67. The Morgan fingerprint density at radius 3 is 1.05 bits per heavy atom. The monoisotopic (exact) mass is 350 g/mol. The fraction of sp³-hybridized carbons (Fsp3) is 0. The van der Waals surface area contributed by atoms with Crippen molar-refractivity contribution in [2.24, 2.45) is 0 Å². The summed E-state index contributed by atoms with van der Waals surface area (Å²) >= 11 is 0. The molecule has 15 heteroatoms. The molecule has 110 valence electrons. The molecule has 0 aromatic heterocycles. The zero-order valence-electron chi connectivity index (χ0n) is 9.61. The third-order valence-electron chi connectivity index (χ3n) is 1.37. The van der Waals surface area contributed by atoms with E-state index < -0.39 is 44.9 Å². The molecule has 2 aliphatic heterocycles. The van der Waals surface area contributed by atoms with E-state index in [0.717, 1.165) is 0 Å². The molecule has 0 atom stereocenters. The number of hydrogen-bond donors (Lipinski definition) is 0. The molecule has 0 amide bonds. The van der Waals surface area contributed by atoms with E-state index >= 15 is 0 Å². The average Bonchev–Trinajstić information content (AvgIpc) is 2.68. The number of carbonyl (C=O) groups is 6. The minimum Gasteiger partial charge on any atom is -0.543 e. The number of carboxylic acids is 2.